The van der Waals surface area contributed by atoms with Crippen molar-refractivity contribution in [3.63, 3.8) is 0 Å². The summed E-state index contributed by atoms with van der Waals surface area (Å²) >= 11 is 0. The van der Waals surface area contributed by atoms with Crippen LogP contribution in [0, 0.1) is 5.21 Å². The summed E-state index contributed by atoms with van der Waals surface area (Å²) in [6, 6.07) is 0. The van der Waals surface area contributed by atoms with Crippen LogP contribution in [0.1, 0.15) is 0 Å². The number of hydrazine groups is 1. The first kappa shape index (κ1) is 4.99. The van der Waals surface area contributed by atoms with Crippen LogP contribution in [0.4, 0.5) is 0 Å². The van der Waals surface area contributed by atoms with Crippen molar-refractivity contribution < 1.29 is 0 Å². The Morgan fingerprint density at radius 2 is 2.29 bits per heavy atom. The zero-order chi connectivity index (χ0) is 5.11. The molecule has 0 aromatic heterocycles. The molecule has 0 amide bonds. The summed E-state index contributed by atoms with van der Waals surface area (Å²) in [6.45, 7) is 2.03. The number of hydrogen-bond donors (Lipinski definition) is 2. The highest BCUT2D eigenvalue weighted by atomic mass is 16.5. The molecule has 0 radical (unpaired) electrons. The monoisotopic (exact) mass is 102 g/mol. The fourth-order valence-corrected chi connectivity index (χ4v) is 0.505. The Balaban J connectivity index is 2.12. The van der Waals surface area contributed by atoms with E-state index in [-0.39, 0.29) is 0 Å². The van der Waals surface area contributed by atoms with Crippen molar-refractivity contribution in [1.82, 2.24) is 15.9 Å². The van der Waals surface area contributed by atoms with Gasteiger partial charge in [0.2, 0.25) is 0 Å². The van der Waals surface area contributed by atoms with Crippen molar-refractivity contribution >= 4 is 0 Å². The van der Waals surface area contributed by atoms with Crippen molar-refractivity contribution in [2.75, 3.05) is 19.8 Å². The Bertz CT molecular complexity index is 52.1. The highest BCUT2D eigenvalue weighted by Gasteiger charge is 1.94. The van der Waals surface area contributed by atoms with Gasteiger partial charge in [0.15, 0.2) is 0 Å². The Hall–Kier alpha value is -0.160. The molecule has 0 aromatic carbocycles. The van der Waals surface area contributed by atoms with E-state index >= 15 is 0 Å². The first-order valence-electron chi connectivity index (χ1n) is 2.28. The van der Waals surface area contributed by atoms with Gasteiger partial charge in [-0.2, -0.15) is 0 Å². The molecule has 0 bridgehead atoms. The minimum absolute atomic E-state index is 0.403. The predicted octanol–water partition coefficient (Wildman–Crippen LogP) is -1.15. The number of hydrogen-bond acceptors (Lipinski definition) is 4. The number of hydroxylamine groups is 1. The Kier molecular flexibility index (Phi) is 1.59. The van der Waals surface area contributed by atoms with Crippen molar-refractivity contribution in [3.8, 4) is 0 Å². The molecule has 2 N–H and O–H groups in total. The normalized spacial score (nSPS) is 25.3. The molecule has 1 rings (SSSR count). The van der Waals surface area contributed by atoms with Gasteiger partial charge < -0.3 is 15.7 Å². The van der Waals surface area contributed by atoms with E-state index in [2.05, 4.69) is 10.7 Å². The van der Waals surface area contributed by atoms with Gasteiger partial charge in [0.05, 0.1) is 0 Å². The van der Waals surface area contributed by atoms with Crippen molar-refractivity contribution in [1.29, 1.82) is 0 Å². The summed E-state index contributed by atoms with van der Waals surface area (Å²) in [7, 11) is 0. The van der Waals surface area contributed by atoms with Crippen LogP contribution < -0.4 is 10.7 Å². The van der Waals surface area contributed by atoms with Gasteiger partial charge in [-0.3, -0.25) is 5.43 Å². The van der Waals surface area contributed by atoms with Gasteiger partial charge in [0.1, 0.15) is 0 Å². The molecule has 0 saturated carbocycles. The molecule has 0 aromatic rings. The lowest BCUT2D eigenvalue weighted by atomic mass is 10.6. The maximum atomic E-state index is 10.2. The second kappa shape index (κ2) is 2.23. The van der Waals surface area contributed by atoms with Gasteiger partial charge in [-0.15, -0.1) is 0 Å². The summed E-state index contributed by atoms with van der Waals surface area (Å²) in [5.41, 5.74) is 2.60. The van der Waals surface area contributed by atoms with E-state index in [0.29, 0.717) is 6.67 Å². The van der Waals surface area contributed by atoms with Crippen molar-refractivity contribution in [2.24, 2.45) is 0 Å². The molecule has 0 aliphatic carbocycles. The minimum Gasteiger partial charge on any atom is -0.771 e. The van der Waals surface area contributed by atoms with Gasteiger partial charge in [-0.1, -0.05) is 0 Å². The Morgan fingerprint density at radius 3 is 2.57 bits per heavy atom. The molecule has 4 heteroatoms. The topological polar surface area (TPSA) is 50.4 Å². The third-order valence-corrected chi connectivity index (χ3v) is 0.845. The molecule has 0 unspecified atom stereocenters. The maximum absolute atomic E-state index is 10.2. The molecule has 1 aliphatic heterocycles. The van der Waals surface area contributed by atoms with Crippen LogP contribution in [-0.4, -0.2) is 24.9 Å². The molecule has 1 saturated heterocycles. The van der Waals surface area contributed by atoms with Gasteiger partial charge in [0.25, 0.3) is 0 Å². The molecule has 0 atom stereocenters. The van der Waals surface area contributed by atoms with Crippen LogP contribution in [0.25, 0.3) is 0 Å². The smallest absolute Gasteiger partial charge is 0.0492 e. The first-order chi connectivity index (χ1) is 3.39. The summed E-state index contributed by atoms with van der Waals surface area (Å²) in [5, 5.41) is 13.9. The van der Waals surface area contributed by atoms with E-state index in [4.69, 9.17) is 0 Å². The Morgan fingerprint density at radius 1 is 1.43 bits per heavy atom. The largest absolute Gasteiger partial charge is 0.771 e. The average Bonchev–Trinajstić information content (AvgIpc) is 1.69. The second-order valence-electron chi connectivity index (χ2n) is 1.44. The lowest BCUT2D eigenvalue weighted by Crippen LogP contribution is -2.49. The molecular formula is C3H8N3O-. The van der Waals surface area contributed by atoms with Crippen LogP contribution in [0.15, 0.2) is 0 Å². The van der Waals surface area contributed by atoms with Crippen molar-refractivity contribution in [3.05, 3.63) is 5.21 Å². The SMILES string of the molecule is [O-]N1CNCCN1. The standard InChI is InChI=1S/C3H8N3O/c7-6-3-4-1-2-5-6/h4-5H,1-3H2/q-1. The average molecular weight is 102 g/mol. The van der Waals surface area contributed by atoms with Crippen LogP contribution in [0.2, 0.25) is 0 Å². The number of nitrogens with zero attached hydrogens (tertiary/aromatic N) is 1. The minimum atomic E-state index is 0.403. The number of nitrogens with one attached hydrogen (secondary N) is 2. The van der Waals surface area contributed by atoms with E-state index in [1.54, 1.807) is 0 Å². The van der Waals surface area contributed by atoms with Crippen LogP contribution >= 0.6 is 0 Å². The third kappa shape index (κ3) is 1.40. The van der Waals surface area contributed by atoms with E-state index in [1.807, 2.05) is 0 Å². The summed E-state index contributed by atoms with van der Waals surface area (Å²) < 4.78 is 0. The maximum Gasteiger partial charge on any atom is 0.0492 e. The molecule has 7 heavy (non-hydrogen) atoms. The van der Waals surface area contributed by atoms with E-state index in [9.17, 15) is 5.21 Å². The second-order valence-corrected chi connectivity index (χ2v) is 1.44. The fourth-order valence-electron chi connectivity index (χ4n) is 0.505. The Labute approximate surface area is 42.0 Å². The van der Waals surface area contributed by atoms with E-state index in [0.717, 1.165) is 18.3 Å². The van der Waals surface area contributed by atoms with Gasteiger partial charge in [-0.05, 0) is 0 Å². The van der Waals surface area contributed by atoms with Gasteiger partial charge in [-0.25, -0.2) is 0 Å². The molecular weight excluding hydrogens is 94.1 g/mol. The third-order valence-electron chi connectivity index (χ3n) is 0.845. The van der Waals surface area contributed by atoms with Crippen LogP contribution in [0.3, 0.4) is 0 Å². The van der Waals surface area contributed by atoms with E-state index < -0.39 is 0 Å². The zero-order valence-electron chi connectivity index (χ0n) is 3.98. The zero-order valence-corrected chi connectivity index (χ0v) is 3.98. The molecule has 0 spiro atoms. The highest BCUT2D eigenvalue weighted by Crippen LogP contribution is 1.76. The highest BCUT2D eigenvalue weighted by molar-refractivity contribution is 4.57. The van der Waals surface area contributed by atoms with Gasteiger partial charge in [0, 0.05) is 19.8 Å². The lowest BCUT2D eigenvalue weighted by Gasteiger charge is -2.33. The molecule has 4 nitrogen and oxygen atoms in total. The fraction of sp³-hybridized carbons (Fsp3) is 1.00. The summed E-state index contributed by atoms with van der Waals surface area (Å²) in [5.74, 6) is 0. The molecule has 1 fully saturated rings. The quantitative estimate of drug-likeness (QED) is 0.405. The molecule has 42 valence electrons. The van der Waals surface area contributed by atoms with Crippen LogP contribution in [-0.2, 0) is 0 Å². The van der Waals surface area contributed by atoms with E-state index in [1.165, 1.54) is 0 Å². The van der Waals surface area contributed by atoms with Gasteiger partial charge >= 0.3 is 0 Å². The first-order valence-corrected chi connectivity index (χ1v) is 2.28. The molecule has 1 heterocycles. The molecule has 1 aliphatic rings. The predicted molar refractivity (Wildman–Crippen MR) is 26.1 cm³/mol. The lowest BCUT2D eigenvalue weighted by molar-refractivity contribution is 0.213. The van der Waals surface area contributed by atoms with Crippen molar-refractivity contribution in [2.45, 2.75) is 0 Å². The van der Waals surface area contributed by atoms with Crippen LogP contribution in [0.5, 0.6) is 0 Å². The number of rotatable bonds is 0. The summed E-state index contributed by atoms with van der Waals surface area (Å²) in [4.78, 5) is 0. The summed E-state index contributed by atoms with van der Waals surface area (Å²) in [6.07, 6.45) is 0.